The van der Waals surface area contributed by atoms with Gasteiger partial charge in [-0.2, -0.15) is 0 Å². The van der Waals surface area contributed by atoms with Crippen LogP contribution in [0.5, 0.6) is 0 Å². The van der Waals surface area contributed by atoms with Crippen molar-refractivity contribution in [2.75, 3.05) is 18.1 Å². The van der Waals surface area contributed by atoms with E-state index in [-0.39, 0.29) is 30.0 Å². The van der Waals surface area contributed by atoms with Crippen LogP contribution in [0, 0.1) is 18.3 Å². The first-order valence-corrected chi connectivity index (χ1v) is 13.5. The summed E-state index contributed by atoms with van der Waals surface area (Å²) in [6.45, 7) is 11.4. The molecule has 2 aromatic rings. The molecule has 2 aromatic carbocycles. The molecule has 0 radical (unpaired) electrons. The highest BCUT2D eigenvalue weighted by Crippen LogP contribution is 2.57. The summed E-state index contributed by atoms with van der Waals surface area (Å²) < 4.78 is 11.5. The van der Waals surface area contributed by atoms with Gasteiger partial charge in [0.05, 0.1) is 12.0 Å². The predicted octanol–water partition coefficient (Wildman–Crippen LogP) is 6.70. The highest BCUT2D eigenvalue weighted by atomic mass is 16.6. The van der Waals surface area contributed by atoms with Crippen molar-refractivity contribution in [3.63, 3.8) is 0 Å². The number of fused-ring (bicyclic) bond motifs is 3. The summed E-state index contributed by atoms with van der Waals surface area (Å²) in [6.07, 6.45) is 4.10. The number of carbonyl (C=O) groups excluding carboxylic acids is 2. The van der Waals surface area contributed by atoms with Gasteiger partial charge in [0, 0.05) is 5.69 Å². The first kappa shape index (κ1) is 24.9. The van der Waals surface area contributed by atoms with E-state index in [0.717, 1.165) is 43.4 Å². The molecule has 0 bridgehead atoms. The third kappa shape index (κ3) is 4.21. The van der Waals surface area contributed by atoms with E-state index in [9.17, 15) is 9.59 Å². The van der Waals surface area contributed by atoms with Crippen LogP contribution in [-0.2, 0) is 26.1 Å². The van der Waals surface area contributed by atoms with E-state index in [1.807, 2.05) is 31.2 Å². The SMILES string of the molecule is Cc1ccc(N2CC(COC(=O)[C@]3(C)CCC[C@]4(C)c5ccc(C(C)C)cc5CCC34)OC2=O)cc1. The molecule has 2 unspecified atom stereocenters. The molecule has 4 atom stereocenters. The molecule has 1 amide bonds. The normalized spacial score (nSPS) is 29.5. The Hall–Kier alpha value is -2.82. The molecule has 3 aliphatic rings. The molecule has 1 saturated carbocycles. The summed E-state index contributed by atoms with van der Waals surface area (Å²) in [7, 11) is 0. The van der Waals surface area contributed by atoms with E-state index in [4.69, 9.17) is 9.47 Å². The first-order valence-electron chi connectivity index (χ1n) is 13.5. The van der Waals surface area contributed by atoms with Crippen LogP contribution in [0.2, 0.25) is 0 Å². The maximum Gasteiger partial charge on any atom is 0.414 e. The summed E-state index contributed by atoms with van der Waals surface area (Å²) in [5.41, 5.74) is 5.62. The lowest BCUT2D eigenvalue weighted by atomic mass is 9.49. The summed E-state index contributed by atoms with van der Waals surface area (Å²) in [5.74, 6) is 0.600. The number of rotatable bonds is 5. The number of anilines is 1. The highest BCUT2D eigenvalue weighted by molar-refractivity contribution is 5.89. The molecular formula is C31H39NO4. The number of ether oxygens (including phenoxy) is 2. The third-order valence-electron chi connectivity index (χ3n) is 9.13. The fraction of sp³-hybridized carbons (Fsp3) is 0.548. The number of cyclic esters (lactones) is 1. The van der Waals surface area contributed by atoms with Gasteiger partial charge in [-0.05, 0) is 85.6 Å². The molecule has 0 aromatic heterocycles. The second-order valence-electron chi connectivity index (χ2n) is 11.9. The Kier molecular flexibility index (Phi) is 6.38. The van der Waals surface area contributed by atoms with Gasteiger partial charge in [0.1, 0.15) is 6.61 Å². The van der Waals surface area contributed by atoms with Crippen LogP contribution < -0.4 is 4.90 Å². The van der Waals surface area contributed by atoms with E-state index < -0.39 is 11.5 Å². The van der Waals surface area contributed by atoms with Crippen LogP contribution >= 0.6 is 0 Å². The molecule has 1 heterocycles. The number of nitrogens with zero attached hydrogens (tertiary/aromatic N) is 1. The number of esters is 1. The highest BCUT2D eigenvalue weighted by Gasteiger charge is 2.56. The average Bonchev–Trinajstić information content (AvgIpc) is 3.22. The van der Waals surface area contributed by atoms with Crippen LogP contribution in [0.15, 0.2) is 42.5 Å². The van der Waals surface area contributed by atoms with Crippen LogP contribution in [0.3, 0.4) is 0 Å². The Bertz CT molecular complexity index is 1160. The standard InChI is InChI=1S/C31H39NO4/c1-20(2)22-9-13-26-23(17-22)10-14-27-30(26,4)15-6-16-31(27,5)28(33)35-19-25-18-32(29(34)36-25)24-11-7-21(3)8-12-24/h7-9,11-13,17,20,25,27H,6,10,14-16,18-19H2,1-5H3/t25?,27?,30-,31-/m1/s1. The predicted molar refractivity (Wildman–Crippen MR) is 141 cm³/mol. The first-order chi connectivity index (χ1) is 17.1. The Balaban J connectivity index is 1.28. The minimum Gasteiger partial charge on any atom is -0.461 e. The fourth-order valence-corrected chi connectivity index (χ4v) is 6.99. The lowest BCUT2D eigenvalue weighted by Gasteiger charge is -2.54. The van der Waals surface area contributed by atoms with Gasteiger partial charge in [0.15, 0.2) is 6.10 Å². The van der Waals surface area contributed by atoms with E-state index in [2.05, 4.69) is 45.9 Å². The molecular weight excluding hydrogens is 450 g/mol. The molecule has 5 nitrogen and oxygen atoms in total. The van der Waals surface area contributed by atoms with E-state index in [1.54, 1.807) is 4.90 Å². The van der Waals surface area contributed by atoms with Crippen LogP contribution in [-0.4, -0.2) is 31.3 Å². The lowest BCUT2D eigenvalue weighted by molar-refractivity contribution is -0.166. The quantitative estimate of drug-likeness (QED) is 0.439. The second kappa shape index (κ2) is 9.24. The van der Waals surface area contributed by atoms with Gasteiger partial charge < -0.3 is 9.47 Å². The summed E-state index contributed by atoms with van der Waals surface area (Å²) in [5, 5.41) is 0. The topological polar surface area (TPSA) is 55.8 Å². The zero-order chi connectivity index (χ0) is 25.7. The van der Waals surface area contributed by atoms with Gasteiger partial charge in [-0.25, -0.2) is 4.79 Å². The van der Waals surface area contributed by atoms with Crippen molar-refractivity contribution < 1.29 is 19.1 Å². The van der Waals surface area contributed by atoms with Crippen molar-refractivity contribution in [3.8, 4) is 0 Å². The van der Waals surface area contributed by atoms with Gasteiger partial charge in [0.25, 0.3) is 0 Å². The smallest absolute Gasteiger partial charge is 0.414 e. The zero-order valence-electron chi connectivity index (χ0n) is 22.3. The van der Waals surface area contributed by atoms with Crippen LogP contribution in [0.1, 0.15) is 81.5 Å². The minimum absolute atomic E-state index is 0.0306. The number of carbonyl (C=O) groups is 2. The number of amides is 1. The number of hydrogen-bond acceptors (Lipinski definition) is 4. The summed E-state index contributed by atoms with van der Waals surface area (Å²) >= 11 is 0. The zero-order valence-corrected chi connectivity index (χ0v) is 22.3. The molecule has 192 valence electrons. The third-order valence-corrected chi connectivity index (χ3v) is 9.13. The molecule has 5 heteroatoms. The molecule has 5 rings (SSSR count). The maximum atomic E-state index is 13.6. The average molecular weight is 490 g/mol. The Morgan fingerprint density at radius 2 is 1.89 bits per heavy atom. The number of aryl methyl sites for hydroxylation is 2. The molecule has 2 fully saturated rings. The Morgan fingerprint density at radius 1 is 1.14 bits per heavy atom. The van der Waals surface area contributed by atoms with E-state index in [1.165, 1.54) is 16.7 Å². The Labute approximate surface area is 215 Å². The molecule has 1 aliphatic heterocycles. The van der Waals surface area contributed by atoms with Crippen molar-refractivity contribution in [1.82, 2.24) is 0 Å². The molecule has 1 saturated heterocycles. The number of hydrogen-bond donors (Lipinski definition) is 0. The maximum absolute atomic E-state index is 13.6. The van der Waals surface area contributed by atoms with Gasteiger partial charge in [-0.1, -0.05) is 63.1 Å². The largest absolute Gasteiger partial charge is 0.461 e. The summed E-state index contributed by atoms with van der Waals surface area (Å²) in [6, 6.07) is 14.8. The molecule has 2 aliphatic carbocycles. The molecule has 36 heavy (non-hydrogen) atoms. The minimum atomic E-state index is -0.541. The van der Waals surface area contributed by atoms with E-state index >= 15 is 0 Å². The van der Waals surface area contributed by atoms with Crippen LogP contribution in [0.4, 0.5) is 10.5 Å². The monoisotopic (exact) mass is 489 g/mol. The van der Waals surface area contributed by atoms with Gasteiger partial charge in [-0.3, -0.25) is 9.69 Å². The lowest BCUT2D eigenvalue weighted by Crippen LogP contribution is -2.53. The second-order valence-corrected chi connectivity index (χ2v) is 11.9. The Morgan fingerprint density at radius 3 is 2.61 bits per heavy atom. The van der Waals surface area contributed by atoms with Crippen LogP contribution in [0.25, 0.3) is 0 Å². The van der Waals surface area contributed by atoms with Crippen molar-refractivity contribution in [2.45, 2.75) is 84.2 Å². The van der Waals surface area contributed by atoms with Gasteiger partial charge in [-0.15, -0.1) is 0 Å². The molecule has 0 spiro atoms. The molecule has 0 N–H and O–H groups in total. The van der Waals surface area contributed by atoms with Crippen molar-refractivity contribution >= 4 is 17.7 Å². The van der Waals surface area contributed by atoms with Crippen molar-refractivity contribution in [2.24, 2.45) is 11.3 Å². The van der Waals surface area contributed by atoms with Crippen molar-refractivity contribution in [3.05, 3.63) is 64.7 Å². The van der Waals surface area contributed by atoms with Gasteiger partial charge >= 0.3 is 12.1 Å². The van der Waals surface area contributed by atoms with Crippen molar-refractivity contribution in [1.29, 1.82) is 0 Å². The number of benzene rings is 2. The summed E-state index contributed by atoms with van der Waals surface area (Å²) in [4.78, 5) is 27.7. The van der Waals surface area contributed by atoms with E-state index in [0.29, 0.717) is 12.5 Å². The fourth-order valence-electron chi connectivity index (χ4n) is 6.99. The van der Waals surface area contributed by atoms with Gasteiger partial charge in [0.2, 0.25) is 0 Å².